The van der Waals surface area contributed by atoms with Crippen molar-refractivity contribution in [1.82, 2.24) is 0 Å². The quantitative estimate of drug-likeness (QED) is 0.200. The maximum Gasteiger partial charge on any atom is 0.323 e. The Labute approximate surface area is 162 Å². The van der Waals surface area contributed by atoms with E-state index in [1.165, 1.54) is 30.7 Å². The van der Waals surface area contributed by atoms with Crippen molar-refractivity contribution in [3.8, 4) is 0 Å². The molecule has 4 N–H and O–H groups in total. The molecule has 0 unspecified atom stereocenters. The smallest absolute Gasteiger partial charge is 0.323 e. The Bertz CT molecular complexity index is 976. The van der Waals surface area contributed by atoms with E-state index in [0.717, 1.165) is 0 Å². The molecule has 138 valence electrons. The van der Waals surface area contributed by atoms with E-state index in [1.54, 1.807) is 24.3 Å². The topological polar surface area (TPSA) is 98.9 Å². The monoisotopic (exact) mass is 432 g/mol. The zero-order valence-electron chi connectivity index (χ0n) is 13.7. The summed E-state index contributed by atoms with van der Waals surface area (Å²) in [6.07, 6.45) is 2.60. The first-order chi connectivity index (χ1) is 13.1. The van der Waals surface area contributed by atoms with Crippen LogP contribution in [0.4, 0.5) is 26.2 Å². The van der Waals surface area contributed by atoms with Crippen LogP contribution >= 0.6 is 15.9 Å². The summed E-state index contributed by atoms with van der Waals surface area (Å²) in [6.45, 7) is 0. The number of furan rings is 1. The summed E-state index contributed by atoms with van der Waals surface area (Å²) in [5, 5.41) is 20.7. The molecule has 27 heavy (non-hydrogen) atoms. The lowest BCUT2D eigenvalue weighted by Gasteiger charge is -2.10. The summed E-state index contributed by atoms with van der Waals surface area (Å²) < 4.78 is 18.7. The number of hydrogen-bond acceptors (Lipinski definition) is 4. The molecule has 0 spiro atoms. The maximum atomic E-state index is 13.4. The number of anilines is 3. The Kier molecular flexibility index (Phi) is 5.72. The van der Waals surface area contributed by atoms with E-state index >= 15 is 0 Å². The van der Waals surface area contributed by atoms with Gasteiger partial charge in [0.05, 0.1) is 15.7 Å². The van der Waals surface area contributed by atoms with Gasteiger partial charge in [-0.05, 0) is 46.3 Å². The number of oxime groups is 1. The number of nitrogens with one attached hydrogen (secondary N) is 3. The summed E-state index contributed by atoms with van der Waals surface area (Å²) in [5.41, 5.74) is 1.67. The first-order valence-corrected chi connectivity index (χ1v) is 8.50. The van der Waals surface area contributed by atoms with Gasteiger partial charge in [0.2, 0.25) is 0 Å². The van der Waals surface area contributed by atoms with Gasteiger partial charge in [-0.15, -0.1) is 0 Å². The van der Waals surface area contributed by atoms with E-state index in [4.69, 9.17) is 4.42 Å². The Morgan fingerprint density at radius 2 is 1.81 bits per heavy atom. The predicted octanol–water partition coefficient (Wildman–Crippen LogP) is 5.07. The molecule has 0 aliphatic heterocycles. The number of carbonyl (C=O) groups excluding carboxylic acids is 1. The van der Waals surface area contributed by atoms with Crippen LogP contribution in [0.15, 0.2) is 75.1 Å². The zero-order valence-corrected chi connectivity index (χ0v) is 15.3. The van der Waals surface area contributed by atoms with Gasteiger partial charge in [-0.2, -0.15) is 0 Å². The van der Waals surface area contributed by atoms with Crippen LogP contribution in [0.3, 0.4) is 0 Å². The molecule has 2 amide bonds. The lowest BCUT2D eigenvalue weighted by Crippen LogP contribution is -2.22. The second-order valence-corrected chi connectivity index (χ2v) is 6.20. The molecule has 7 nitrogen and oxygen atoms in total. The second-order valence-electron chi connectivity index (χ2n) is 5.35. The third-order valence-corrected chi connectivity index (χ3v) is 4.09. The molecule has 0 fully saturated rings. The van der Waals surface area contributed by atoms with Gasteiger partial charge in [0.25, 0.3) is 0 Å². The fraction of sp³-hybridized carbons (Fsp3) is 0. The van der Waals surface area contributed by atoms with Crippen molar-refractivity contribution in [3.63, 3.8) is 0 Å². The number of hydrogen-bond donors (Lipinski definition) is 4. The molecular weight excluding hydrogens is 419 g/mol. The van der Waals surface area contributed by atoms with Gasteiger partial charge >= 0.3 is 6.03 Å². The number of para-hydroxylation sites is 1. The summed E-state index contributed by atoms with van der Waals surface area (Å²) in [4.78, 5) is 12.1. The molecule has 0 saturated heterocycles. The fourth-order valence-electron chi connectivity index (χ4n) is 2.24. The van der Waals surface area contributed by atoms with Crippen LogP contribution in [0.25, 0.3) is 0 Å². The Morgan fingerprint density at radius 3 is 2.52 bits per heavy atom. The molecule has 3 rings (SSSR count). The average molecular weight is 433 g/mol. The van der Waals surface area contributed by atoms with Crippen LogP contribution in [0.2, 0.25) is 0 Å². The molecule has 1 heterocycles. The first-order valence-electron chi connectivity index (χ1n) is 7.70. The van der Waals surface area contributed by atoms with Gasteiger partial charge in [-0.25, -0.2) is 9.18 Å². The van der Waals surface area contributed by atoms with Gasteiger partial charge < -0.3 is 25.6 Å². The highest BCUT2D eigenvalue weighted by atomic mass is 79.9. The molecule has 2 aromatic carbocycles. The van der Waals surface area contributed by atoms with Crippen molar-refractivity contribution in [2.45, 2.75) is 0 Å². The highest BCUT2D eigenvalue weighted by molar-refractivity contribution is 9.10. The molecule has 0 radical (unpaired) electrons. The highest BCUT2D eigenvalue weighted by Gasteiger charge is 2.16. The third kappa shape index (κ3) is 4.64. The standard InChI is InChI=1S/C18H14BrFN4O3/c19-14-8-12(6-7-15(14)20)21-17(24-26)13-9-27-10-16(13)23-18(25)22-11-4-2-1-3-5-11/h1-10,26H,(H,21,24)(H2,22,23,25). The molecule has 0 aliphatic rings. The number of carbonyl (C=O) groups is 1. The average Bonchev–Trinajstić information content (AvgIpc) is 3.11. The van der Waals surface area contributed by atoms with Crippen LogP contribution in [0.1, 0.15) is 5.56 Å². The Balaban J connectivity index is 1.74. The lowest BCUT2D eigenvalue weighted by atomic mass is 10.2. The minimum atomic E-state index is -0.495. The van der Waals surface area contributed by atoms with Crippen molar-refractivity contribution >= 4 is 44.9 Å². The molecule has 0 bridgehead atoms. The lowest BCUT2D eigenvalue weighted by molar-refractivity contribution is 0.262. The van der Waals surface area contributed by atoms with Crippen LogP contribution in [0, 0.1) is 5.82 Å². The highest BCUT2D eigenvalue weighted by Crippen LogP contribution is 2.23. The third-order valence-electron chi connectivity index (χ3n) is 3.48. The number of benzene rings is 2. The number of nitrogens with zero attached hydrogens (tertiary/aromatic N) is 1. The van der Waals surface area contributed by atoms with Crippen molar-refractivity contribution in [1.29, 1.82) is 0 Å². The molecule has 9 heteroatoms. The van der Waals surface area contributed by atoms with Crippen molar-refractivity contribution in [2.24, 2.45) is 5.16 Å². The molecule has 0 aliphatic carbocycles. The first kappa shape index (κ1) is 18.5. The molecule has 3 aromatic rings. The van der Waals surface area contributed by atoms with Crippen LogP contribution in [-0.2, 0) is 0 Å². The van der Waals surface area contributed by atoms with Crippen molar-refractivity contribution < 1.29 is 18.8 Å². The Morgan fingerprint density at radius 1 is 1.04 bits per heavy atom. The van der Waals surface area contributed by atoms with Gasteiger partial charge in [0, 0.05) is 11.4 Å². The van der Waals surface area contributed by atoms with E-state index in [2.05, 4.69) is 37.0 Å². The Hall–Kier alpha value is -3.33. The van der Waals surface area contributed by atoms with Crippen LogP contribution in [0.5, 0.6) is 0 Å². The van der Waals surface area contributed by atoms with E-state index in [-0.39, 0.29) is 16.0 Å². The molecule has 1 aromatic heterocycles. The summed E-state index contributed by atoms with van der Waals surface area (Å²) in [5.74, 6) is -0.413. The molecular formula is C18H14BrFN4O3. The van der Waals surface area contributed by atoms with Gasteiger partial charge in [-0.3, -0.25) is 0 Å². The number of rotatable bonds is 4. The SMILES string of the molecule is O=C(Nc1ccccc1)Nc1cocc1/C(=N/O)Nc1ccc(F)c(Br)c1. The number of amidine groups is 1. The van der Waals surface area contributed by atoms with Gasteiger partial charge in [-0.1, -0.05) is 23.4 Å². The molecule has 0 saturated carbocycles. The largest absolute Gasteiger partial charge is 0.470 e. The zero-order chi connectivity index (χ0) is 19.2. The number of amides is 2. The van der Waals surface area contributed by atoms with Crippen LogP contribution in [-0.4, -0.2) is 17.1 Å². The van der Waals surface area contributed by atoms with Crippen LogP contribution < -0.4 is 16.0 Å². The van der Waals surface area contributed by atoms with E-state index < -0.39 is 11.8 Å². The predicted molar refractivity (Wildman–Crippen MR) is 104 cm³/mol. The fourth-order valence-corrected chi connectivity index (χ4v) is 2.62. The van der Waals surface area contributed by atoms with Gasteiger partial charge in [0.1, 0.15) is 18.3 Å². The number of halogens is 2. The van der Waals surface area contributed by atoms with Gasteiger partial charge in [0.15, 0.2) is 5.84 Å². The maximum absolute atomic E-state index is 13.4. The summed E-state index contributed by atoms with van der Waals surface area (Å²) >= 11 is 3.08. The summed E-state index contributed by atoms with van der Waals surface area (Å²) in [7, 11) is 0. The number of urea groups is 1. The van der Waals surface area contributed by atoms with Crippen molar-refractivity contribution in [3.05, 3.63) is 76.9 Å². The second kappa shape index (κ2) is 8.37. The molecule has 0 atom stereocenters. The normalized spacial score (nSPS) is 11.1. The van der Waals surface area contributed by atoms with E-state index in [0.29, 0.717) is 16.9 Å². The summed E-state index contributed by atoms with van der Waals surface area (Å²) in [6, 6.07) is 12.6. The van der Waals surface area contributed by atoms with E-state index in [9.17, 15) is 14.4 Å². The minimum Gasteiger partial charge on any atom is -0.470 e. The minimum absolute atomic E-state index is 0.0114. The van der Waals surface area contributed by atoms with E-state index in [1.807, 2.05) is 6.07 Å². The van der Waals surface area contributed by atoms with Crippen molar-refractivity contribution in [2.75, 3.05) is 16.0 Å².